The van der Waals surface area contributed by atoms with Gasteiger partial charge in [0.15, 0.2) is 5.82 Å². The first kappa shape index (κ1) is 12.5. The van der Waals surface area contributed by atoms with E-state index in [2.05, 4.69) is 32.3 Å². The minimum absolute atomic E-state index is 0.642. The second-order valence-electron chi connectivity index (χ2n) is 4.05. The molecule has 18 heavy (non-hydrogen) atoms. The number of anilines is 1. The molecule has 6 nitrogen and oxygen atoms in total. The van der Waals surface area contributed by atoms with Crippen LogP contribution < -0.4 is 5.32 Å². The van der Waals surface area contributed by atoms with E-state index in [0.29, 0.717) is 5.95 Å². The van der Waals surface area contributed by atoms with Crippen molar-refractivity contribution in [2.75, 3.05) is 11.9 Å². The van der Waals surface area contributed by atoms with Gasteiger partial charge in [-0.3, -0.25) is 0 Å². The first-order chi connectivity index (χ1) is 8.76. The quantitative estimate of drug-likeness (QED) is 0.872. The SMILES string of the molecule is CCCNc1ncc(C)c(-c2ncnn2CC)n1. The third kappa shape index (κ3) is 2.47. The van der Waals surface area contributed by atoms with Crippen LogP contribution in [0, 0.1) is 6.92 Å². The molecule has 0 radical (unpaired) electrons. The minimum Gasteiger partial charge on any atom is -0.354 e. The highest BCUT2D eigenvalue weighted by Gasteiger charge is 2.12. The number of hydrogen-bond acceptors (Lipinski definition) is 5. The Bertz CT molecular complexity index is 519. The van der Waals surface area contributed by atoms with Crippen molar-refractivity contribution < 1.29 is 0 Å². The molecule has 6 heteroatoms. The standard InChI is InChI=1S/C12H18N6/c1-4-6-13-12-14-7-9(3)10(17-12)11-15-8-16-18(11)5-2/h7-8H,4-6H2,1-3H3,(H,13,14,17). The van der Waals surface area contributed by atoms with Gasteiger partial charge in [0, 0.05) is 19.3 Å². The number of nitrogens with zero attached hydrogens (tertiary/aromatic N) is 5. The average Bonchev–Trinajstić information content (AvgIpc) is 2.86. The zero-order valence-corrected chi connectivity index (χ0v) is 11.0. The summed E-state index contributed by atoms with van der Waals surface area (Å²) in [7, 11) is 0. The number of aromatic nitrogens is 5. The summed E-state index contributed by atoms with van der Waals surface area (Å²) in [5.41, 5.74) is 1.84. The molecule has 0 bridgehead atoms. The first-order valence-corrected chi connectivity index (χ1v) is 6.22. The number of aryl methyl sites for hydroxylation is 2. The summed E-state index contributed by atoms with van der Waals surface area (Å²) in [4.78, 5) is 13.1. The Morgan fingerprint density at radius 2 is 2.11 bits per heavy atom. The van der Waals surface area contributed by atoms with Crippen molar-refractivity contribution in [2.24, 2.45) is 0 Å². The van der Waals surface area contributed by atoms with E-state index in [-0.39, 0.29) is 0 Å². The van der Waals surface area contributed by atoms with Gasteiger partial charge in [0.1, 0.15) is 12.0 Å². The smallest absolute Gasteiger partial charge is 0.223 e. The van der Waals surface area contributed by atoms with Crippen LogP contribution >= 0.6 is 0 Å². The fourth-order valence-corrected chi connectivity index (χ4v) is 1.67. The summed E-state index contributed by atoms with van der Waals surface area (Å²) < 4.78 is 1.83. The summed E-state index contributed by atoms with van der Waals surface area (Å²) >= 11 is 0. The maximum atomic E-state index is 4.52. The molecule has 0 saturated carbocycles. The van der Waals surface area contributed by atoms with Crippen molar-refractivity contribution in [2.45, 2.75) is 33.7 Å². The molecule has 2 heterocycles. The molecule has 0 aliphatic heterocycles. The van der Waals surface area contributed by atoms with Crippen LogP contribution in [0.3, 0.4) is 0 Å². The molecule has 0 unspecified atom stereocenters. The van der Waals surface area contributed by atoms with Gasteiger partial charge in [-0.2, -0.15) is 5.10 Å². The van der Waals surface area contributed by atoms with Gasteiger partial charge < -0.3 is 5.32 Å². The van der Waals surface area contributed by atoms with E-state index in [4.69, 9.17) is 0 Å². The first-order valence-electron chi connectivity index (χ1n) is 6.22. The van der Waals surface area contributed by atoms with Gasteiger partial charge in [-0.1, -0.05) is 6.92 Å². The lowest BCUT2D eigenvalue weighted by molar-refractivity contribution is 0.663. The topological polar surface area (TPSA) is 68.5 Å². The maximum absolute atomic E-state index is 4.52. The van der Waals surface area contributed by atoms with Gasteiger partial charge in [-0.05, 0) is 25.8 Å². The van der Waals surface area contributed by atoms with Gasteiger partial charge >= 0.3 is 0 Å². The number of rotatable bonds is 5. The Balaban J connectivity index is 2.37. The number of nitrogens with one attached hydrogen (secondary N) is 1. The van der Waals surface area contributed by atoms with Crippen molar-refractivity contribution in [3.63, 3.8) is 0 Å². The van der Waals surface area contributed by atoms with Crippen molar-refractivity contribution in [1.82, 2.24) is 24.7 Å². The largest absolute Gasteiger partial charge is 0.354 e. The predicted molar refractivity (Wildman–Crippen MR) is 70.2 cm³/mol. The molecule has 0 aliphatic rings. The lowest BCUT2D eigenvalue weighted by Crippen LogP contribution is -2.08. The van der Waals surface area contributed by atoms with E-state index >= 15 is 0 Å². The molecule has 0 amide bonds. The van der Waals surface area contributed by atoms with Gasteiger partial charge in [0.25, 0.3) is 0 Å². The second-order valence-corrected chi connectivity index (χ2v) is 4.05. The van der Waals surface area contributed by atoms with Crippen LogP contribution in [0.5, 0.6) is 0 Å². The maximum Gasteiger partial charge on any atom is 0.223 e. The molecule has 2 aromatic heterocycles. The molecule has 0 fully saturated rings. The second kappa shape index (κ2) is 5.57. The molecule has 2 aromatic rings. The Labute approximate surface area is 106 Å². The molecule has 0 aliphatic carbocycles. The van der Waals surface area contributed by atoms with Gasteiger partial charge in [0.05, 0.1) is 0 Å². The molecule has 0 spiro atoms. The molecule has 96 valence electrons. The van der Waals surface area contributed by atoms with Gasteiger partial charge in [-0.25, -0.2) is 19.6 Å². The van der Waals surface area contributed by atoms with Crippen LogP contribution in [0.2, 0.25) is 0 Å². The molecule has 1 N–H and O–H groups in total. The molecular weight excluding hydrogens is 228 g/mol. The van der Waals surface area contributed by atoms with E-state index in [9.17, 15) is 0 Å². The lowest BCUT2D eigenvalue weighted by Gasteiger charge is -2.08. The lowest BCUT2D eigenvalue weighted by atomic mass is 10.2. The fraction of sp³-hybridized carbons (Fsp3) is 0.500. The molecule has 0 aromatic carbocycles. The predicted octanol–water partition coefficient (Wildman–Crippen LogP) is 1.89. The summed E-state index contributed by atoms with van der Waals surface area (Å²) in [6.07, 6.45) is 4.41. The van der Waals surface area contributed by atoms with E-state index in [0.717, 1.165) is 36.6 Å². The highest BCUT2D eigenvalue weighted by Crippen LogP contribution is 2.19. The van der Waals surface area contributed by atoms with Gasteiger partial charge in [0.2, 0.25) is 5.95 Å². The Hall–Kier alpha value is -1.98. The van der Waals surface area contributed by atoms with Crippen LogP contribution in [-0.4, -0.2) is 31.3 Å². The Kier molecular flexibility index (Phi) is 3.86. The van der Waals surface area contributed by atoms with Crippen LogP contribution in [0.15, 0.2) is 12.5 Å². The minimum atomic E-state index is 0.642. The van der Waals surface area contributed by atoms with Crippen molar-refractivity contribution >= 4 is 5.95 Å². The monoisotopic (exact) mass is 246 g/mol. The highest BCUT2D eigenvalue weighted by atomic mass is 15.3. The third-order valence-corrected chi connectivity index (χ3v) is 2.63. The zero-order chi connectivity index (χ0) is 13.0. The fourth-order valence-electron chi connectivity index (χ4n) is 1.67. The van der Waals surface area contributed by atoms with E-state index in [1.807, 2.05) is 24.7 Å². The van der Waals surface area contributed by atoms with Crippen molar-refractivity contribution in [3.8, 4) is 11.5 Å². The summed E-state index contributed by atoms with van der Waals surface area (Å²) in [6, 6.07) is 0. The Morgan fingerprint density at radius 1 is 1.28 bits per heavy atom. The molecule has 0 saturated heterocycles. The van der Waals surface area contributed by atoms with Gasteiger partial charge in [-0.15, -0.1) is 0 Å². The molecular formula is C12H18N6. The average molecular weight is 246 g/mol. The Morgan fingerprint density at radius 3 is 2.83 bits per heavy atom. The summed E-state index contributed by atoms with van der Waals surface area (Å²) in [5, 5.41) is 7.35. The normalized spacial score (nSPS) is 10.6. The molecule has 0 atom stereocenters. The van der Waals surface area contributed by atoms with Crippen molar-refractivity contribution in [1.29, 1.82) is 0 Å². The van der Waals surface area contributed by atoms with Crippen LogP contribution in [0.1, 0.15) is 25.8 Å². The van der Waals surface area contributed by atoms with Crippen LogP contribution in [0.25, 0.3) is 11.5 Å². The van der Waals surface area contributed by atoms with E-state index < -0.39 is 0 Å². The molecule has 2 rings (SSSR count). The van der Waals surface area contributed by atoms with E-state index in [1.165, 1.54) is 0 Å². The summed E-state index contributed by atoms with van der Waals surface area (Å²) in [6.45, 7) is 7.76. The third-order valence-electron chi connectivity index (χ3n) is 2.63. The van der Waals surface area contributed by atoms with Crippen molar-refractivity contribution in [3.05, 3.63) is 18.1 Å². The summed E-state index contributed by atoms with van der Waals surface area (Å²) in [5.74, 6) is 1.43. The van der Waals surface area contributed by atoms with E-state index in [1.54, 1.807) is 6.33 Å². The van der Waals surface area contributed by atoms with Crippen LogP contribution in [-0.2, 0) is 6.54 Å². The number of hydrogen-bond donors (Lipinski definition) is 1. The van der Waals surface area contributed by atoms with Crippen LogP contribution in [0.4, 0.5) is 5.95 Å². The highest BCUT2D eigenvalue weighted by molar-refractivity contribution is 5.55. The zero-order valence-electron chi connectivity index (χ0n) is 11.0.